The number of hydrogen-bond acceptors (Lipinski definition) is 8. The van der Waals surface area contributed by atoms with Gasteiger partial charge in [-0.3, -0.25) is 4.79 Å². The Kier molecular flexibility index (Phi) is 14.5. The summed E-state index contributed by atoms with van der Waals surface area (Å²) in [7, 11) is 0. The van der Waals surface area contributed by atoms with Gasteiger partial charge in [-0.05, 0) is 63.6 Å². The Bertz CT molecular complexity index is 2250. The largest absolute Gasteiger partial charge is 0.455 e. The maximum atomic E-state index is 13.1. The number of carbonyl (C=O) groups is 1. The molecule has 0 saturated carbocycles. The van der Waals surface area contributed by atoms with E-state index in [9.17, 15) is 10.1 Å². The molecular weight excluding hydrogens is 739 g/mol. The van der Waals surface area contributed by atoms with Crippen LogP contribution in [0.5, 0.6) is 0 Å². The van der Waals surface area contributed by atoms with Crippen LogP contribution < -0.4 is 0 Å². The van der Waals surface area contributed by atoms with Crippen LogP contribution in [-0.2, 0) is 59.6 Å². The summed E-state index contributed by atoms with van der Waals surface area (Å²) in [6.45, 7) is 4.77. The minimum Gasteiger partial charge on any atom is -0.455 e. The number of nitrogens with zero attached hydrogens (tertiary/aromatic N) is 1. The van der Waals surface area contributed by atoms with Gasteiger partial charge in [-0.25, -0.2) is 0 Å². The molecular formula is C51H49NO7. The maximum absolute atomic E-state index is 13.1. The van der Waals surface area contributed by atoms with Crippen LogP contribution in [-0.4, -0.2) is 43.1 Å². The molecule has 0 aliphatic carbocycles. The van der Waals surface area contributed by atoms with Gasteiger partial charge in [-0.2, -0.15) is 5.26 Å². The Morgan fingerprint density at radius 1 is 0.610 bits per heavy atom. The van der Waals surface area contributed by atoms with Crippen molar-refractivity contribution < 1.29 is 33.2 Å². The lowest BCUT2D eigenvalue weighted by Gasteiger charge is -2.48. The third-order valence-corrected chi connectivity index (χ3v) is 10.4. The first kappa shape index (κ1) is 41.2. The lowest BCUT2D eigenvalue weighted by molar-refractivity contribution is -0.289. The van der Waals surface area contributed by atoms with Crippen molar-refractivity contribution in [1.82, 2.24) is 0 Å². The fourth-order valence-electron chi connectivity index (χ4n) is 7.47. The molecule has 0 spiro atoms. The zero-order chi connectivity index (χ0) is 40.8. The van der Waals surface area contributed by atoms with E-state index in [0.29, 0.717) is 18.8 Å². The smallest absolute Gasteiger partial charge is 0.303 e. The highest BCUT2D eigenvalue weighted by atomic mass is 16.6. The molecule has 1 saturated heterocycles. The highest BCUT2D eigenvalue weighted by Gasteiger charge is 2.52. The summed E-state index contributed by atoms with van der Waals surface area (Å²) in [6, 6.07) is 55.6. The number of benzene rings is 6. The Morgan fingerprint density at radius 3 is 1.58 bits per heavy atom. The molecule has 0 amide bonds. The average Bonchev–Trinajstić information content (AvgIpc) is 3.28. The van der Waals surface area contributed by atoms with Crippen molar-refractivity contribution >= 4 is 5.97 Å². The van der Waals surface area contributed by atoms with Crippen molar-refractivity contribution in [2.24, 2.45) is 0 Å². The molecule has 8 heteroatoms. The first-order chi connectivity index (χ1) is 28.9. The minimum absolute atomic E-state index is 0.171. The van der Waals surface area contributed by atoms with Crippen LogP contribution >= 0.6 is 0 Å². The van der Waals surface area contributed by atoms with E-state index < -0.39 is 42.6 Å². The van der Waals surface area contributed by atoms with Gasteiger partial charge in [0.25, 0.3) is 0 Å². The zero-order valence-electron chi connectivity index (χ0n) is 33.4. The summed E-state index contributed by atoms with van der Waals surface area (Å²) in [6.07, 6.45) is -4.50. The first-order valence-corrected chi connectivity index (χ1v) is 20.0. The van der Waals surface area contributed by atoms with Crippen molar-refractivity contribution in [1.29, 1.82) is 5.26 Å². The second kappa shape index (κ2) is 20.7. The second-order valence-corrected chi connectivity index (χ2v) is 14.7. The summed E-state index contributed by atoms with van der Waals surface area (Å²) >= 11 is 0. The molecule has 0 bridgehead atoms. The topological polar surface area (TPSA) is 96.2 Å². The number of nitriles is 1. The average molecular weight is 788 g/mol. The lowest BCUT2D eigenvalue weighted by atomic mass is 9.87. The highest BCUT2D eigenvalue weighted by molar-refractivity contribution is 5.68. The van der Waals surface area contributed by atoms with Crippen LogP contribution in [0, 0.1) is 18.3 Å². The van der Waals surface area contributed by atoms with E-state index in [2.05, 4.69) is 12.1 Å². The number of hydrogen-bond donors (Lipinski definition) is 0. The van der Waals surface area contributed by atoms with Gasteiger partial charge >= 0.3 is 5.97 Å². The third kappa shape index (κ3) is 11.2. The summed E-state index contributed by atoms with van der Waals surface area (Å²) in [5.74, 6) is -0.461. The van der Waals surface area contributed by atoms with Gasteiger partial charge in [0.15, 0.2) is 6.10 Å². The number of aryl methyl sites for hydroxylation is 1. The molecule has 3 unspecified atom stereocenters. The lowest BCUT2D eigenvalue weighted by Crippen LogP contribution is -2.62. The Labute approximate surface area is 346 Å². The Balaban J connectivity index is 1.30. The number of rotatable bonds is 17. The summed E-state index contributed by atoms with van der Waals surface area (Å²) in [5.41, 5.74) is 8.15. The van der Waals surface area contributed by atoms with Crippen LogP contribution in [0.2, 0.25) is 0 Å². The molecule has 1 aliphatic rings. The summed E-state index contributed by atoms with van der Waals surface area (Å²) < 4.78 is 40.6. The van der Waals surface area contributed by atoms with E-state index in [1.165, 1.54) is 6.92 Å². The van der Waals surface area contributed by atoms with E-state index in [1.807, 2.05) is 153 Å². The monoisotopic (exact) mass is 787 g/mol. The molecule has 300 valence electrons. The minimum atomic E-state index is -0.891. The predicted octanol–water partition coefficient (Wildman–Crippen LogP) is 9.88. The van der Waals surface area contributed by atoms with Gasteiger partial charge in [0.05, 0.1) is 44.7 Å². The van der Waals surface area contributed by atoms with E-state index in [-0.39, 0.29) is 19.8 Å². The van der Waals surface area contributed by atoms with E-state index in [1.54, 1.807) is 12.1 Å². The van der Waals surface area contributed by atoms with E-state index >= 15 is 0 Å². The van der Waals surface area contributed by atoms with Crippen molar-refractivity contribution in [3.8, 4) is 17.2 Å². The molecule has 1 aliphatic heterocycles. The molecule has 0 N–H and O–H groups in total. The van der Waals surface area contributed by atoms with E-state index in [0.717, 1.165) is 44.5 Å². The fraction of sp³-hybridized carbons (Fsp3) is 0.255. The quantitative estimate of drug-likeness (QED) is 0.0844. The molecule has 6 atom stereocenters. The van der Waals surface area contributed by atoms with Crippen LogP contribution in [0.4, 0.5) is 0 Å². The number of carbonyl (C=O) groups excluding carboxylic acids is 1. The number of ether oxygens (including phenoxy) is 6. The zero-order valence-corrected chi connectivity index (χ0v) is 33.4. The second-order valence-electron chi connectivity index (χ2n) is 14.7. The molecule has 0 aromatic heterocycles. The molecule has 59 heavy (non-hydrogen) atoms. The highest BCUT2D eigenvalue weighted by Crippen LogP contribution is 2.40. The molecule has 6 aromatic rings. The predicted molar refractivity (Wildman–Crippen MR) is 226 cm³/mol. The Hall–Kier alpha value is -5.92. The SMILES string of the molecule is CC(=O)O[C@H](c1ccc(-c2ccc(C#N)cc2)cc1C)[C@H]1OC(COCc2ccccc2)[C@@H](OCc2ccccc2)C(OCc2ccccc2)C1OCc1ccccc1. The fourth-order valence-corrected chi connectivity index (χ4v) is 7.47. The van der Waals surface area contributed by atoms with Crippen molar-refractivity contribution in [3.05, 3.63) is 203 Å². The van der Waals surface area contributed by atoms with Gasteiger partial charge in [0.1, 0.15) is 30.5 Å². The molecule has 8 nitrogen and oxygen atoms in total. The third-order valence-electron chi connectivity index (χ3n) is 10.4. The number of esters is 1. The molecule has 0 radical (unpaired) electrons. The van der Waals surface area contributed by atoms with Crippen molar-refractivity contribution in [3.63, 3.8) is 0 Å². The van der Waals surface area contributed by atoms with Crippen LogP contribution in [0.3, 0.4) is 0 Å². The van der Waals surface area contributed by atoms with Gasteiger partial charge in [-0.15, -0.1) is 0 Å². The van der Waals surface area contributed by atoms with Gasteiger partial charge in [-0.1, -0.05) is 152 Å². The van der Waals surface area contributed by atoms with Crippen molar-refractivity contribution in [2.45, 2.75) is 76.9 Å². The van der Waals surface area contributed by atoms with Crippen LogP contribution in [0.1, 0.15) is 52.0 Å². The molecule has 7 rings (SSSR count). The Morgan fingerprint density at radius 2 is 1.08 bits per heavy atom. The van der Waals surface area contributed by atoms with Crippen molar-refractivity contribution in [2.75, 3.05) is 6.61 Å². The molecule has 1 heterocycles. The first-order valence-electron chi connectivity index (χ1n) is 20.0. The summed E-state index contributed by atoms with van der Waals surface area (Å²) in [4.78, 5) is 13.1. The van der Waals surface area contributed by atoms with E-state index in [4.69, 9.17) is 28.4 Å². The summed E-state index contributed by atoms with van der Waals surface area (Å²) in [5, 5.41) is 9.35. The van der Waals surface area contributed by atoms with Gasteiger partial charge in [0, 0.05) is 6.92 Å². The standard InChI is InChI=1S/C51H49NO7/c1-36-29-44(43-25-23-38(30-52)24-26-43)27-28-45(36)47(58-37(2)53)51-50(57-34-42-21-13-6-14-22-42)49(56-33-41-19-11-5-12-20-41)48(55-32-40-17-9-4-10-18-40)46(59-51)35-54-31-39-15-7-3-8-16-39/h3-29,46-51H,31-35H2,1-2H3/t46?,47-,48-,49?,50?,51-/m1/s1. The van der Waals surface area contributed by atoms with Crippen LogP contribution in [0.15, 0.2) is 164 Å². The van der Waals surface area contributed by atoms with Gasteiger partial charge < -0.3 is 28.4 Å². The molecule has 1 fully saturated rings. The normalized spacial score (nSPS) is 19.4. The van der Waals surface area contributed by atoms with Gasteiger partial charge in [0.2, 0.25) is 0 Å². The maximum Gasteiger partial charge on any atom is 0.303 e. The molecule has 6 aromatic carbocycles. The van der Waals surface area contributed by atoms with Crippen LogP contribution in [0.25, 0.3) is 11.1 Å².